The Labute approximate surface area is 63.9 Å². The Morgan fingerprint density at radius 3 is 1.91 bits per heavy atom. The summed E-state index contributed by atoms with van der Waals surface area (Å²) in [5.41, 5.74) is 0. The summed E-state index contributed by atoms with van der Waals surface area (Å²) in [4.78, 5) is 3.78. The van der Waals surface area contributed by atoms with Crippen molar-refractivity contribution in [2.45, 2.75) is 0 Å². The molecule has 2 rings (SSSR count). The van der Waals surface area contributed by atoms with Crippen molar-refractivity contribution in [2.75, 3.05) is 0 Å². The number of hydrogen-bond acceptors (Lipinski definition) is 4. The molecule has 2 aromatic rings. The summed E-state index contributed by atoms with van der Waals surface area (Å²) >= 11 is 0. The number of aromatic nitrogens is 3. The fourth-order valence-electron chi connectivity index (χ4n) is 0.449. The molecule has 0 bridgehead atoms. The largest absolute Gasteiger partial charge is 0.346 e. The molecule has 11 heavy (non-hydrogen) atoms. The van der Waals surface area contributed by atoms with Gasteiger partial charge in [0.2, 0.25) is 0 Å². The molecule has 0 radical (unpaired) electrons. The number of pyridine rings is 1. The molecule has 4 heteroatoms. The van der Waals surface area contributed by atoms with Gasteiger partial charge in [-0.1, -0.05) is 6.07 Å². The van der Waals surface area contributed by atoms with Crippen LogP contribution in [0.2, 0.25) is 0 Å². The third kappa shape index (κ3) is 3.80. The van der Waals surface area contributed by atoms with Gasteiger partial charge in [-0.15, -0.1) is 5.10 Å². The lowest BCUT2D eigenvalue weighted by molar-refractivity contribution is 0.393. The average molecular weight is 149 g/mol. The Morgan fingerprint density at radius 1 is 0.909 bits per heavy atom. The van der Waals surface area contributed by atoms with Gasteiger partial charge in [-0.2, -0.15) is 0 Å². The van der Waals surface area contributed by atoms with Crippen LogP contribution in [0.3, 0.4) is 0 Å². The standard InChI is InChI=1S/C5H5N.C2H2N2O/c1-2-4-6-5-3-1;1-2-5-4-3-1/h1-5H;1-2H. The van der Waals surface area contributed by atoms with Gasteiger partial charge in [0.05, 0.1) is 6.20 Å². The quantitative estimate of drug-likeness (QED) is 0.563. The third-order valence-corrected chi connectivity index (χ3v) is 0.849. The van der Waals surface area contributed by atoms with E-state index in [-0.39, 0.29) is 0 Å². The monoisotopic (exact) mass is 149 g/mol. The molecule has 0 saturated heterocycles. The molecule has 0 aliphatic heterocycles. The highest BCUT2D eigenvalue weighted by Crippen LogP contribution is 1.73. The van der Waals surface area contributed by atoms with Crippen LogP contribution >= 0.6 is 0 Å². The highest BCUT2D eigenvalue weighted by molar-refractivity contribution is 4.88. The Balaban J connectivity index is 0.000000112. The van der Waals surface area contributed by atoms with Crippen molar-refractivity contribution in [3.63, 3.8) is 0 Å². The lowest BCUT2D eigenvalue weighted by Gasteiger charge is -1.70. The molecule has 2 heterocycles. The van der Waals surface area contributed by atoms with Gasteiger partial charge in [0.25, 0.3) is 0 Å². The van der Waals surface area contributed by atoms with Gasteiger partial charge in [0, 0.05) is 17.7 Å². The highest BCUT2D eigenvalue weighted by atomic mass is 16.5. The van der Waals surface area contributed by atoms with E-state index in [1.807, 2.05) is 18.2 Å². The number of nitrogens with zero attached hydrogens (tertiary/aromatic N) is 3. The predicted molar refractivity (Wildman–Crippen MR) is 38.5 cm³/mol. The molecule has 0 amide bonds. The second-order valence-corrected chi connectivity index (χ2v) is 1.61. The fourth-order valence-corrected chi connectivity index (χ4v) is 0.449. The molecular weight excluding hydrogens is 142 g/mol. The first-order valence-corrected chi connectivity index (χ1v) is 3.06. The summed E-state index contributed by atoms with van der Waals surface area (Å²) in [6.45, 7) is 0. The summed E-state index contributed by atoms with van der Waals surface area (Å²) in [5.74, 6) is 0. The van der Waals surface area contributed by atoms with Crippen molar-refractivity contribution < 1.29 is 4.52 Å². The molecule has 0 saturated carbocycles. The zero-order chi connectivity index (χ0) is 7.78. The first-order valence-electron chi connectivity index (χ1n) is 3.06. The minimum Gasteiger partial charge on any atom is -0.346 e. The second-order valence-electron chi connectivity index (χ2n) is 1.61. The van der Waals surface area contributed by atoms with E-state index in [4.69, 9.17) is 0 Å². The topological polar surface area (TPSA) is 51.8 Å². The van der Waals surface area contributed by atoms with E-state index in [9.17, 15) is 0 Å². The predicted octanol–water partition coefficient (Wildman–Crippen LogP) is 1.15. The zero-order valence-corrected chi connectivity index (χ0v) is 5.79. The summed E-state index contributed by atoms with van der Waals surface area (Å²) in [6, 6.07) is 5.72. The Morgan fingerprint density at radius 2 is 1.73 bits per heavy atom. The summed E-state index contributed by atoms with van der Waals surface area (Å²) < 4.78 is 4.22. The molecule has 0 aliphatic rings. The van der Waals surface area contributed by atoms with Crippen molar-refractivity contribution in [3.8, 4) is 0 Å². The molecule has 2 aromatic heterocycles. The van der Waals surface area contributed by atoms with Crippen LogP contribution in [0.15, 0.2) is 47.6 Å². The number of hydrogen-bond donors (Lipinski definition) is 0. The molecule has 56 valence electrons. The van der Waals surface area contributed by atoms with E-state index in [2.05, 4.69) is 19.9 Å². The first-order chi connectivity index (χ1) is 5.50. The first kappa shape index (κ1) is 7.40. The van der Waals surface area contributed by atoms with Crippen molar-refractivity contribution in [1.29, 1.82) is 0 Å². The number of rotatable bonds is 0. The lowest BCUT2D eigenvalue weighted by Crippen LogP contribution is -1.58. The third-order valence-electron chi connectivity index (χ3n) is 0.849. The van der Waals surface area contributed by atoms with Crippen molar-refractivity contribution in [2.24, 2.45) is 0 Å². The van der Waals surface area contributed by atoms with Crippen LogP contribution in [-0.4, -0.2) is 15.4 Å². The van der Waals surface area contributed by atoms with Gasteiger partial charge in [-0.05, 0) is 12.1 Å². The molecule has 0 spiro atoms. The Hall–Kier alpha value is -1.71. The van der Waals surface area contributed by atoms with Gasteiger partial charge in [-0.25, -0.2) is 0 Å². The average Bonchev–Trinajstić information content (AvgIpc) is 2.64. The van der Waals surface area contributed by atoms with E-state index >= 15 is 0 Å². The summed E-state index contributed by atoms with van der Waals surface area (Å²) in [5, 5.41) is 6.40. The van der Waals surface area contributed by atoms with Crippen LogP contribution in [0.5, 0.6) is 0 Å². The molecule has 0 aliphatic carbocycles. The van der Waals surface area contributed by atoms with E-state index in [0.29, 0.717) is 0 Å². The maximum atomic E-state index is 4.22. The summed E-state index contributed by atoms with van der Waals surface area (Å²) in [6.07, 6.45) is 6.38. The van der Waals surface area contributed by atoms with E-state index < -0.39 is 0 Å². The molecule has 0 fully saturated rings. The summed E-state index contributed by atoms with van der Waals surface area (Å²) in [7, 11) is 0. The fraction of sp³-hybridized carbons (Fsp3) is 0. The Kier molecular flexibility index (Phi) is 3.43. The molecule has 0 aromatic carbocycles. The molecule has 0 unspecified atom stereocenters. The van der Waals surface area contributed by atoms with Crippen molar-refractivity contribution in [1.82, 2.24) is 15.4 Å². The van der Waals surface area contributed by atoms with E-state index in [1.165, 1.54) is 12.5 Å². The highest BCUT2D eigenvalue weighted by Gasteiger charge is 1.61. The molecule has 0 atom stereocenters. The van der Waals surface area contributed by atoms with Gasteiger partial charge >= 0.3 is 0 Å². The van der Waals surface area contributed by atoms with Gasteiger partial charge in [0.15, 0.2) is 0 Å². The van der Waals surface area contributed by atoms with Gasteiger partial charge in [0.1, 0.15) is 6.26 Å². The minimum absolute atomic E-state index is 1.40. The Bertz CT molecular complexity index is 200. The van der Waals surface area contributed by atoms with Gasteiger partial charge < -0.3 is 4.52 Å². The van der Waals surface area contributed by atoms with Crippen LogP contribution in [0.25, 0.3) is 0 Å². The molecular formula is C7H7N3O. The smallest absolute Gasteiger partial charge is 0.144 e. The molecule has 0 N–H and O–H groups in total. The zero-order valence-electron chi connectivity index (χ0n) is 5.79. The lowest BCUT2D eigenvalue weighted by atomic mass is 10.5. The van der Waals surface area contributed by atoms with E-state index in [0.717, 1.165) is 0 Å². The van der Waals surface area contributed by atoms with E-state index in [1.54, 1.807) is 12.4 Å². The van der Waals surface area contributed by atoms with Crippen LogP contribution < -0.4 is 0 Å². The SMILES string of the molecule is c1ccncc1.c1conn1. The maximum Gasteiger partial charge on any atom is 0.144 e. The minimum atomic E-state index is 1.40. The second kappa shape index (κ2) is 5.10. The van der Waals surface area contributed by atoms with Crippen LogP contribution in [0, 0.1) is 0 Å². The van der Waals surface area contributed by atoms with Crippen LogP contribution in [-0.2, 0) is 0 Å². The van der Waals surface area contributed by atoms with Crippen LogP contribution in [0.1, 0.15) is 0 Å². The van der Waals surface area contributed by atoms with Crippen molar-refractivity contribution >= 4 is 0 Å². The van der Waals surface area contributed by atoms with Gasteiger partial charge in [-0.3, -0.25) is 4.98 Å². The maximum absolute atomic E-state index is 4.22. The van der Waals surface area contributed by atoms with Crippen LogP contribution in [0.4, 0.5) is 0 Å². The normalized spacial score (nSPS) is 8.00. The van der Waals surface area contributed by atoms with Crippen molar-refractivity contribution in [3.05, 3.63) is 43.1 Å². The molecule has 4 nitrogen and oxygen atoms in total.